The lowest BCUT2D eigenvalue weighted by atomic mass is 9.95. The van der Waals surface area contributed by atoms with Crippen LogP contribution < -0.4 is 5.32 Å². The third-order valence-corrected chi connectivity index (χ3v) is 8.69. The summed E-state index contributed by atoms with van der Waals surface area (Å²) in [5.74, 6) is -0.266. The van der Waals surface area contributed by atoms with E-state index >= 15 is 0 Å². The summed E-state index contributed by atoms with van der Waals surface area (Å²) in [5, 5.41) is 6.58. The van der Waals surface area contributed by atoms with E-state index in [1.165, 1.54) is 15.6 Å². The minimum atomic E-state index is -3.73. The molecule has 0 radical (unpaired) electrons. The summed E-state index contributed by atoms with van der Waals surface area (Å²) in [7, 11) is -3.73. The number of hydrogen-bond donors (Lipinski definition) is 1. The van der Waals surface area contributed by atoms with E-state index in [0.717, 1.165) is 16.0 Å². The third-order valence-electron chi connectivity index (χ3n) is 4.58. The molecule has 4 rings (SSSR count). The Hall–Kier alpha value is -2.00. The molecule has 3 aromatic rings. The van der Waals surface area contributed by atoms with E-state index in [9.17, 15) is 13.2 Å². The van der Waals surface area contributed by atoms with E-state index in [-0.39, 0.29) is 16.7 Å². The van der Waals surface area contributed by atoms with Gasteiger partial charge in [0.25, 0.3) is 10.0 Å². The first-order valence-electron chi connectivity index (χ1n) is 8.48. The van der Waals surface area contributed by atoms with E-state index in [1.54, 1.807) is 28.8 Å². The second-order valence-electron chi connectivity index (χ2n) is 6.27. The van der Waals surface area contributed by atoms with Gasteiger partial charge in [-0.15, -0.1) is 22.7 Å². The number of sulfonamides is 1. The molecule has 1 atom stereocenters. The molecule has 8 heteroatoms. The Morgan fingerprint density at radius 2 is 1.78 bits per heavy atom. The molecule has 1 unspecified atom stereocenters. The average molecular weight is 419 g/mol. The predicted molar refractivity (Wildman–Crippen MR) is 107 cm³/mol. The van der Waals surface area contributed by atoms with Gasteiger partial charge in [0.15, 0.2) is 0 Å². The highest BCUT2D eigenvalue weighted by Crippen LogP contribution is 2.31. The number of carbonyl (C=O) groups is 1. The first-order valence-corrected chi connectivity index (χ1v) is 11.7. The summed E-state index contributed by atoms with van der Waals surface area (Å²) >= 11 is 2.73. The molecule has 5 nitrogen and oxygen atoms in total. The molecular formula is C19H18N2O3S3. The van der Waals surface area contributed by atoms with Crippen molar-refractivity contribution in [3.8, 4) is 0 Å². The van der Waals surface area contributed by atoms with Crippen molar-refractivity contribution in [1.29, 1.82) is 0 Å². The van der Waals surface area contributed by atoms with Gasteiger partial charge in [-0.25, -0.2) is 8.42 Å². The first-order chi connectivity index (χ1) is 13.1. The summed E-state index contributed by atoms with van der Waals surface area (Å²) in [6.07, 6.45) is 0.372. The number of nitrogens with zero attached hydrogens (tertiary/aromatic N) is 1. The Labute approximate surface area is 166 Å². The lowest BCUT2D eigenvalue weighted by Gasteiger charge is -2.34. The van der Waals surface area contributed by atoms with Crippen molar-refractivity contribution in [2.45, 2.75) is 29.8 Å². The molecule has 0 fully saturated rings. The lowest BCUT2D eigenvalue weighted by Crippen LogP contribution is -2.52. The van der Waals surface area contributed by atoms with E-state index < -0.39 is 16.1 Å². The summed E-state index contributed by atoms with van der Waals surface area (Å²) in [4.78, 5) is 14.0. The number of hydrogen-bond acceptors (Lipinski definition) is 5. The summed E-state index contributed by atoms with van der Waals surface area (Å²) < 4.78 is 27.9. The van der Waals surface area contributed by atoms with Crippen LogP contribution in [0, 0.1) is 0 Å². The Bertz CT molecular complexity index is 1030. The average Bonchev–Trinajstić information content (AvgIpc) is 3.39. The molecule has 1 aliphatic rings. The SMILES string of the molecule is O=C(NCc1cccs1)C1Cc2ccccc2CN1S(=O)(=O)c1cccs1. The Morgan fingerprint density at radius 1 is 1.04 bits per heavy atom. The normalized spacial score (nSPS) is 17.4. The van der Waals surface area contributed by atoms with Crippen LogP contribution in [0.15, 0.2) is 63.5 Å². The van der Waals surface area contributed by atoms with E-state index in [4.69, 9.17) is 0 Å². The molecule has 0 aliphatic carbocycles. The summed E-state index contributed by atoms with van der Waals surface area (Å²) in [6, 6.07) is 14.1. The molecule has 2 aromatic heterocycles. The fourth-order valence-electron chi connectivity index (χ4n) is 3.21. The number of fused-ring (bicyclic) bond motifs is 1. The summed E-state index contributed by atoms with van der Waals surface area (Å²) in [6.45, 7) is 0.606. The van der Waals surface area contributed by atoms with Crippen molar-refractivity contribution in [2.75, 3.05) is 0 Å². The first kappa shape index (κ1) is 18.4. The molecule has 27 heavy (non-hydrogen) atoms. The van der Waals surface area contributed by atoms with Gasteiger partial charge in [0.1, 0.15) is 10.3 Å². The van der Waals surface area contributed by atoms with Crippen LogP contribution in [-0.4, -0.2) is 24.7 Å². The fourth-order valence-corrected chi connectivity index (χ4v) is 6.54. The Kier molecular flexibility index (Phi) is 5.14. The predicted octanol–water partition coefficient (Wildman–Crippen LogP) is 3.24. The zero-order valence-electron chi connectivity index (χ0n) is 14.4. The smallest absolute Gasteiger partial charge is 0.253 e. The molecule has 1 aromatic carbocycles. The molecule has 1 aliphatic heterocycles. The highest BCUT2D eigenvalue weighted by Gasteiger charge is 2.39. The van der Waals surface area contributed by atoms with Crippen LogP contribution in [0.3, 0.4) is 0 Å². The van der Waals surface area contributed by atoms with Gasteiger partial charge >= 0.3 is 0 Å². The minimum Gasteiger partial charge on any atom is -0.350 e. The van der Waals surface area contributed by atoms with Gasteiger partial charge in [-0.1, -0.05) is 36.4 Å². The van der Waals surface area contributed by atoms with E-state index in [1.807, 2.05) is 41.8 Å². The highest BCUT2D eigenvalue weighted by molar-refractivity contribution is 7.91. The van der Waals surface area contributed by atoms with Gasteiger partial charge in [-0.3, -0.25) is 4.79 Å². The van der Waals surface area contributed by atoms with Crippen molar-refractivity contribution in [3.05, 3.63) is 75.3 Å². The van der Waals surface area contributed by atoms with Gasteiger partial charge in [-0.05, 0) is 40.4 Å². The third kappa shape index (κ3) is 3.70. The highest BCUT2D eigenvalue weighted by atomic mass is 32.2. The van der Waals surface area contributed by atoms with Crippen LogP contribution in [0.1, 0.15) is 16.0 Å². The fraction of sp³-hybridized carbons (Fsp3) is 0.211. The van der Waals surface area contributed by atoms with E-state index in [0.29, 0.717) is 13.0 Å². The van der Waals surface area contributed by atoms with Crippen LogP contribution in [0.25, 0.3) is 0 Å². The molecular weight excluding hydrogens is 400 g/mol. The Morgan fingerprint density at radius 3 is 2.48 bits per heavy atom. The Balaban J connectivity index is 1.64. The van der Waals surface area contributed by atoms with Crippen molar-refractivity contribution >= 4 is 38.6 Å². The second kappa shape index (κ2) is 7.55. The van der Waals surface area contributed by atoms with Gasteiger partial charge in [0, 0.05) is 11.4 Å². The van der Waals surface area contributed by atoms with Crippen LogP contribution in [0.2, 0.25) is 0 Å². The quantitative estimate of drug-likeness (QED) is 0.692. The molecule has 0 saturated carbocycles. The van der Waals surface area contributed by atoms with Crippen LogP contribution >= 0.6 is 22.7 Å². The number of nitrogens with one attached hydrogen (secondary N) is 1. The summed E-state index contributed by atoms with van der Waals surface area (Å²) in [5.41, 5.74) is 1.96. The van der Waals surface area contributed by atoms with Crippen LogP contribution in [0.4, 0.5) is 0 Å². The maximum absolute atomic E-state index is 13.2. The van der Waals surface area contributed by atoms with Crippen LogP contribution in [0.5, 0.6) is 0 Å². The standard InChI is InChI=1S/C19H18N2O3S3/c22-19(20-12-16-7-3-9-25-16)17-11-14-5-1-2-6-15(14)13-21(17)27(23,24)18-8-4-10-26-18/h1-10,17H,11-13H2,(H,20,22). The van der Waals surface area contributed by atoms with Gasteiger partial charge in [0.2, 0.25) is 5.91 Å². The molecule has 0 bridgehead atoms. The largest absolute Gasteiger partial charge is 0.350 e. The van der Waals surface area contributed by atoms with E-state index in [2.05, 4.69) is 5.32 Å². The number of carbonyl (C=O) groups excluding carboxylic acids is 1. The number of rotatable bonds is 5. The van der Waals surface area contributed by atoms with Gasteiger partial charge < -0.3 is 5.32 Å². The van der Waals surface area contributed by atoms with Gasteiger partial charge in [0.05, 0.1) is 6.54 Å². The topological polar surface area (TPSA) is 66.5 Å². The monoisotopic (exact) mass is 418 g/mol. The molecule has 0 spiro atoms. The molecule has 1 N–H and O–H groups in total. The van der Waals surface area contributed by atoms with Crippen molar-refractivity contribution in [2.24, 2.45) is 0 Å². The zero-order valence-corrected chi connectivity index (χ0v) is 16.8. The minimum absolute atomic E-state index is 0.202. The number of thiophene rings is 2. The maximum atomic E-state index is 13.2. The molecule has 3 heterocycles. The van der Waals surface area contributed by atoms with Crippen molar-refractivity contribution < 1.29 is 13.2 Å². The van der Waals surface area contributed by atoms with Crippen molar-refractivity contribution in [3.63, 3.8) is 0 Å². The molecule has 1 amide bonds. The number of benzene rings is 1. The lowest BCUT2D eigenvalue weighted by molar-refractivity contribution is -0.125. The molecule has 140 valence electrons. The van der Waals surface area contributed by atoms with Gasteiger partial charge in [-0.2, -0.15) is 4.31 Å². The van der Waals surface area contributed by atoms with Crippen LogP contribution in [-0.2, 0) is 34.3 Å². The number of amides is 1. The molecule has 0 saturated heterocycles. The second-order valence-corrected chi connectivity index (χ2v) is 10.4. The zero-order chi connectivity index (χ0) is 18.9. The van der Waals surface area contributed by atoms with Crippen molar-refractivity contribution in [1.82, 2.24) is 9.62 Å². The maximum Gasteiger partial charge on any atom is 0.253 e.